The van der Waals surface area contributed by atoms with Gasteiger partial charge in [0.15, 0.2) is 0 Å². The number of aryl methyl sites for hydroxylation is 3. The van der Waals surface area contributed by atoms with E-state index in [2.05, 4.69) is 10.4 Å². The second kappa shape index (κ2) is 8.60. The number of carbonyl (C=O) groups excluding carboxylic acids is 1. The van der Waals surface area contributed by atoms with Gasteiger partial charge in [0.05, 0.1) is 22.7 Å². The fraction of sp³-hybridized carbons (Fsp3) is 0.353. The van der Waals surface area contributed by atoms with Crippen molar-refractivity contribution >= 4 is 44.8 Å². The highest BCUT2D eigenvalue weighted by Gasteiger charge is 2.21. The van der Waals surface area contributed by atoms with E-state index < -0.39 is 21.5 Å². The first-order valence-electron chi connectivity index (χ1n) is 8.20. The number of hydrogen-bond acceptors (Lipinski definition) is 5. The number of benzene rings is 1. The number of nitrogens with one attached hydrogen (secondary N) is 1. The molecule has 0 aliphatic rings. The predicted molar refractivity (Wildman–Crippen MR) is 109 cm³/mol. The Kier molecular flexibility index (Phi) is 6.87. The zero-order valence-corrected chi connectivity index (χ0v) is 18.1. The van der Waals surface area contributed by atoms with Crippen molar-refractivity contribution in [1.29, 1.82) is 0 Å². The summed E-state index contributed by atoms with van der Waals surface area (Å²) < 4.78 is 27.1. The average molecular weight is 447 g/mol. The van der Waals surface area contributed by atoms with Gasteiger partial charge in [0, 0.05) is 26.2 Å². The SMILES string of the molecule is Cc1cc(C)c(S(=O)(=O)N(C)C)cc1NC(=O)CCn1ncc(Cl)c(Cl)c1=O. The van der Waals surface area contributed by atoms with Crippen LogP contribution in [0, 0.1) is 13.8 Å². The monoisotopic (exact) mass is 446 g/mol. The minimum Gasteiger partial charge on any atom is -0.326 e. The van der Waals surface area contributed by atoms with Crippen molar-refractivity contribution in [2.75, 3.05) is 19.4 Å². The molecular weight excluding hydrogens is 427 g/mol. The van der Waals surface area contributed by atoms with E-state index in [0.29, 0.717) is 16.8 Å². The Morgan fingerprint density at radius 1 is 1.21 bits per heavy atom. The Morgan fingerprint density at radius 2 is 1.86 bits per heavy atom. The Labute approximate surface area is 173 Å². The first kappa shape index (κ1) is 22.4. The standard InChI is InChI=1S/C17H20Cl2N4O4S/c1-10-7-11(2)14(28(26,27)22(3)4)8-13(10)21-15(24)5-6-23-17(25)16(19)12(18)9-20-23/h7-9H,5-6H2,1-4H3,(H,21,24). The van der Waals surface area contributed by atoms with Crippen LogP contribution >= 0.6 is 23.2 Å². The molecule has 0 spiro atoms. The lowest BCUT2D eigenvalue weighted by atomic mass is 10.1. The quantitative estimate of drug-likeness (QED) is 0.733. The number of anilines is 1. The van der Waals surface area contributed by atoms with Crippen LogP contribution < -0.4 is 10.9 Å². The minimum absolute atomic E-state index is 0.00464. The summed E-state index contributed by atoms with van der Waals surface area (Å²) in [6.07, 6.45) is 1.17. The zero-order valence-electron chi connectivity index (χ0n) is 15.8. The van der Waals surface area contributed by atoms with E-state index in [4.69, 9.17) is 23.2 Å². The van der Waals surface area contributed by atoms with Gasteiger partial charge in [-0.1, -0.05) is 29.3 Å². The molecule has 0 aliphatic carbocycles. The van der Waals surface area contributed by atoms with Crippen LogP contribution in [0.1, 0.15) is 17.5 Å². The van der Waals surface area contributed by atoms with Gasteiger partial charge in [-0.25, -0.2) is 17.4 Å². The maximum atomic E-state index is 12.5. The largest absolute Gasteiger partial charge is 0.326 e. The summed E-state index contributed by atoms with van der Waals surface area (Å²) >= 11 is 11.5. The lowest BCUT2D eigenvalue weighted by Gasteiger charge is -2.17. The lowest BCUT2D eigenvalue weighted by Crippen LogP contribution is -2.26. The maximum absolute atomic E-state index is 12.5. The van der Waals surface area contributed by atoms with Crippen LogP contribution in [0.3, 0.4) is 0 Å². The summed E-state index contributed by atoms with van der Waals surface area (Å²) in [7, 11) is -0.774. The zero-order chi connectivity index (χ0) is 21.2. The summed E-state index contributed by atoms with van der Waals surface area (Å²) in [5.74, 6) is -0.403. The van der Waals surface area contributed by atoms with Gasteiger partial charge in [-0.05, 0) is 31.0 Å². The Hall–Kier alpha value is -1.94. The van der Waals surface area contributed by atoms with E-state index in [9.17, 15) is 18.0 Å². The Balaban J connectivity index is 2.21. The van der Waals surface area contributed by atoms with Crippen molar-refractivity contribution in [3.05, 3.63) is 49.9 Å². The molecule has 0 unspecified atom stereocenters. The van der Waals surface area contributed by atoms with Crippen molar-refractivity contribution in [1.82, 2.24) is 14.1 Å². The second-order valence-electron chi connectivity index (χ2n) is 6.35. The highest BCUT2D eigenvalue weighted by molar-refractivity contribution is 7.89. The molecule has 0 saturated heterocycles. The van der Waals surface area contributed by atoms with Gasteiger partial charge in [0.25, 0.3) is 5.56 Å². The van der Waals surface area contributed by atoms with Crippen LogP contribution in [0.5, 0.6) is 0 Å². The number of hydrogen-bond donors (Lipinski definition) is 1. The van der Waals surface area contributed by atoms with Crippen LogP contribution in [0.25, 0.3) is 0 Å². The highest BCUT2D eigenvalue weighted by atomic mass is 35.5. The van der Waals surface area contributed by atoms with Crippen molar-refractivity contribution in [2.45, 2.75) is 31.7 Å². The molecule has 0 fully saturated rings. The number of aromatic nitrogens is 2. The maximum Gasteiger partial charge on any atom is 0.287 e. The van der Waals surface area contributed by atoms with Crippen LogP contribution in [0.15, 0.2) is 28.0 Å². The number of carbonyl (C=O) groups is 1. The molecule has 0 saturated carbocycles. The summed E-state index contributed by atoms with van der Waals surface area (Å²) in [6, 6.07) is 3.12. The third-order valence-corrected chi connectivity index (χ3v) is 6.75. The second-order valence-corrected chi connectivity index (χ2v) is 9.26. The molecule has 0 atom stereocenters. The van der Waals surface area contributed by atoms with Crippen LogP contribution in [-0.4, -0.2) is 42.5 Å². The molecule has 1 N–H and O–H groups in total. The topological polar surface area (TPSA) is 101 Å². The molecule has 2 rings (SSSR count). The van der Waals surface area contributed by atoms with E-state index in [1.807, 2.05) is 0 Å². The smallest absolute Gasteiger partial charge is 0.287 e. The number of halogens is 2. The molecule has 28 heavy (non-hydrogen) atoms. The molecule has 152 valence electrons. The Bertz CT molecular complexity index is 1080. The average Bonchev–Trinajstić information content (AvgIpc) is 2.61. The molecule has 0 aliphatic heterocycles. The first-order chi connectivity index (χ1) is 12.9. The van der Waals surface area contributed by atoms with E-state index in [0.717, 1.165) is 8.99 Å². The third kappa shape index (κ3) is 4.72. The molecule has 1 heterocycles. The lowest BCUT2D eigenvalue weighted by molar-refractivity contribution is -0.116. The number of nitrogens with zero attached hydrogens (tertiary/aromatic N) is 3. The molecule has 1 aromatic carbocycles. The van der Waals surface area contributed by atoms with Gasteiger partial charge in [-0.3, -0.25) is 9.59 Å². The van der Waals surface area contributed by atoms with Crippen molar-refractivity contribution in [3.8, 4) is 0 Å². The molecule has 1 aromatic heterocycles. The summed E-state index contributed by atoms with van der Waals surface area (Å²) in [6.45, 7) is 3.45. The normalized spacial score (nSPS) is 11.7. The van der Waals surface area contributed by atoms with E-state index in [1.165, 1.54) is 26.4 Å². The molecule has 8 nitrogen and oxygen atoms in total. The Morgan fingerprint density at radius 3 is 2.46 bits per heavy atom. The van der Waals surface area contributed by atoms with E-state index in [1.54, 1.807) is 19.9 Å². The number of rotatable bonds is 6. The molecule has 2 aromatic rings. The summed E-state index contributed by atoms with van der Waals surface area (Å²) in [5.41, 5.74) is 1.09. The van der Waals surface area contributed by atoms with Gasteiger partial charge in [0.1, 0.15) is 5.02 Å². The van der Waals surface area contributed by atoms with Gasteiger partial charge < -0.3 is 5.32 Å². The number of amides is 1. The van der Waals surface area contributed by atoms with Gasteiger partial charge >= 0.3 is 0 Å². The molecular formula is C17H20Cl2N4O4S. The molecule has 11 heteroatoms. The first-order valence-corrected chi connectivity index (χ1v) is 10.4. The minimum atomic E-state index is -3.65. The van der Waals surface area contributed by atoms with Crippen LogP contribution in [0.2, 0.25) is 10.0 Å². The third-order valence-electron chi connectivity index (χ3n) is 4.05. The van der Waals surface area contributed by atoms with Gasteiger partial charge in [-0.15, -0.1) is 0 Å². The predicted octanol–water partition coefficient (Wildman–Crippen LogP) is 2.45. The van der Waals surface area contributed by atoms with Gasteiger partial charge in [0.2, 0.25) is 15.9 Å². The van der Waals surface area contributed by atoms with Crippen LogP contribution in [-0.2, 0) is 21.4 Å². The fourth-order valence-electron chi connectivity index (χ4n) is 2.47. The van der Waals surface area contributed by atoms with Crippen molar-refractivity contribution in [3.63, 3.8) is 0 Å². The van der Waals surface area contributed by atoms with Crippen molar-refractivity contribution in [2.24, 2.45) is 0 Å². The molecule has 1 amide bonds. The molecule has 0 bridgehead atoms. The molecule has 0 radical (unpaired) electrons. The van der Waals surface area contributed by atoms with Gasteiger partial charge in [-0.2, -0.15) is 5.10 Å². The van der Waals surface area contributed by atoms with Crippen LogP contribution in [0.4, 0.5) is 5.69 Å². The van der Waals surface area contributed by atoms with E-state index >= 15 is 0 Å². The number of sulfonamides is 1. The van der Waals surface area contributed by atoms with Crippen molar-refractivity contribution < 1.29 is 13.2 Å². The fourth-order valence-corrected chi connectivity index (χ4v) is 3.86. The highest BCUT2D eigenvalue weighted by Crippen LogP contribution is 2.26. The summed E-state index contributed by atoms with van der Waals surface area (Å²) in [5, 5.41) is 6.39. The van der Waals surface area contributed by atoms with E-state index in [-0.39, 0.29) is 27.9 Å². The summed E-state index contributed by atoms with van der Waals surface area (Å²) in [4.78, 5) is 24.4.